The molecular formula is C18H29N3O2. The molecule has 0 unspecified atom stereocenters. The molecule has 1 aromatic rings. The van der Waals surface area contributed by atoms with E-state index < -0.39 is 0 Å². The molecule has 0 atom stereocenters. The molecule has 23 heavy (non-hydrogen) atoms. The van der Waals surface area contributed by atoms with Crippen LogP contribution in [-0.2, 0) is 0 Å². The van der Waals surface area contributed by atoms with E-state index in [1.54, 1.807) is 12.1 Å². The third kappa shape index (κ3) is 5.75. The van der Waals surface area contributed by atoms with Crippen molar-refractivity contribution in [3.63, 3.8) is 0 Å². The zero-order valence-corrected chi connectivity index (χ0v) is 14.1. The van der Waals surface area contributed by atoms with Gasteiger partial charge in [0.2, 0.25) is 0 Å². The van der Waals surface area contributed by atoms with Gasteiger partial charge in [-0.15, -0.1) is 0 Å². The van der Waals surface area contributed by atoms with Crippen LogP contribution >= 0.6 is 0 Å². The quantitative estimate of drug-likeness (QED) is 0.509. The standard InChI is InChI=1S/C18H29N3O2/c1-2-9-19-16-8-7-15(14-17(16)22)18(23)20-10-6-13-21-11-4-3-5-12-21/h7-8,14,19,22H,2-6,9-13H2,1H3,(H,20,23). The Bertz CT molecular complexity index is 499. The molecule has 1 aliphatic heterocycles. The number of likely N-dealkylation sites (tertiary alicyclic amines) is 1. The average molecular weight is 319 g/mol. The van der Waals surface area contributed by atoms with Crippen molar-refractivity contribution in [2.75, 3.05) is 38.0 Å². The third-order valence-corrected chi connectivity index (χ3v) is 4.21. The first-order valence-corrected chi connectivity index (χ1v) is 8.78. The topological polar surface area (TPSA) is 64.6 Å². The van der Waals surface area contributed by atoms with Gasteiger partial charge >= 0.3 is 0 Å². The van der Waals surface area contributed by atoms with Crippen LogP contribution in [0.2, 0.25) is 0 Å². The second-order valence-electron chi connectivity index (χ2n) is 6.17. The summed E-state index contributed by atoms with van der Waals surface area (Å²) in [7, 11) is 0. The first kappa shape index (κ1) is 17.6. The number of phenolic OH excluding ortho intramolecular Hbond substituents is 1. The van der Waals surface area contributed by atoms with Crippen LogP contribution in [0.5, 0.6) is 5.75 Å². The number of benzene rings is 1. The number of anilines is 1. The normalized spacial score (nSPS) is 15.3. The largest absolute Gasteiger partial charge is 0.506 e. The summed E-state index contributed by atoms with van der Waals surface area (Å²) >= 11 is 0. The van der Waals surface area contributed by atoms with Crippen LogP contribution < -0.4 is 10.6 Å². The summed E-state index contributed by atoms with van der Waals surface area (Å²) < 4.78 is 0. The van der Waals surface area contributed by atoms with Crippen molar-refractivity contribution in [1.29, 1.82) is 0 Å². The molecule has 0 aromatic heterocycles. The summed E-state index contributed by atoms with van der Waals surface area (Å²) in [5, 5.41) is 16.0. The zero-order valence-electron chi connectivity index (χ0n) is 14.1. The molecule has 1 aliphatic rings. The van der Waals surface area contributed by atoms with Crippen molar-refractivity contribution in [1.82, 2.24) is 10.2 Å². The summed E-state index contributed by atoms with van der Waals surface area (Å²) in [5.41, 5.74) is 1.18. The molecule has 0 radical (unpaired) electrons. The van der Waals surface area contributed by atoms with E-state index in [9.17, 15) is 9.90 Å². The molecule has 1 heterocycles. The third-order valence-electron chi connectivity index (χ3n) is 4.21. The van der Waals surface area contributed by atoms with Gasteiger partial charge in [-0.25, -0.2) is 0 Å². The number of carbonyl (C=O) groups excluding carboxylic acids is 1. The molecule has 128 valence electrons. The molecular weight excluding hydrogens is 290 g/mol. The van der Waals surface area contributed by atoms with Crippen LogP contribution in [0, 0.1) is 0 Å². The Labute approximate surface area is 139 Å². The molecule has 1 fully saturated rings. The lowest BCUT2D eigenvalue weighted by atomic mass is 10.1. The molecule has 0 spiro atoms. The Kier molecular flexibility index (Phi) is 7.20. The van der Waals surface area contributed by atoms with E-state index >= 15 is 0 Å². The van der Waals surface area contributed by atoms with Crippen LogP contribution in [0.3, 0.4) is 0 Å². The molecule has 0 bridgehead atoms. The van der Waals surface area contributed by atoms with Crippen molar-refractivity contribution in [3.05, 3.63) is 23.8 Å². The lowest BCUT2D eigenvalue weighted by Crippen LogP contribution is -2.33. The van der Waals surface area contributed by atoms with E-state index in [0.29, 0.717) is 17.8 Å². The van der Waals surface area contributed by atoms with Crippen LogP contribution in [0.1, 0.15) is 49.4 Å². The van der Waals surface area contributed by atoms with Crippen molar-refractivity contribution < 1.29 is 9.90 Å². The Hall–Kier alpha value is -1.75. The summed E-state index contributed by atoms with van der Waals surface area (Å²) in [6.45, 7) is 6.96. The van der Waals surface area contributed by atoms with Gasteiger partial charge in [0.25, 0.3) is 5.91 Å². The molecule has 0 saturated carbocycles. The highest BCUT2D eigenvalue weighted by molar-refractivity contribution is 5.95. The maximum absolute atomic E-state index is 12.1. The molecule has 5 nitrogen and oxygen atoms in total. The predicted octanol–water partition coefficient (Wildman–Crippen LogP) is 2.82. The van der Waals surface area contributed by atoms with Gasteiger partial charge in [0, 0.05) is 18.7 Å². The predicted molar refractivity (Wildman–Crippen MR) is 94.1 cm³/mol. The summed E-state index contributed by atoms with van der Waals surface area (Å²) in [4.78, 5) is 14.6. The SMILES string of the molecule is CCCNc1ccc(C(=O)NCCCN2CCCCC2)cc1O. The maximum atomic E-state index is 12.1. The van der Waals surface area contributed by atoms with Crippen LogP contribution in [0.15, 0.2) is 18.2 Å². The highest BCUT2D eigenvalue weighted by Gasteiger charge is 2.11. The highest BCUT2D eigenvalue weighted by Crippen LogP contribution is 2.24. The van der Waals surface area contributed by atoms with Gasteiger partial charge in [0.1, 0.15) is 5.75 Å². The fourth-order valence-corrected chi connectivity index (χ4v) is 2.87. The number of piperidine rings is 1. The lowest BCUT2D eigenvalue weighted by Gasteiger charge is -2.26. The van der Waals surface area contributed by atoms with Gasteiger partial charge in [-0.05, 0) is 63.5 Å². The number of phenols is 1. The van der Waals surface area contributed by atoms with Gasteiger partial charge in [-0.1, -0.05) is 13.3 Å². The fourth-order valence-electron chi connectivity index (χ4n) is 2.87. The molecule has 1 aromatic carbocycles. The molecule has 2 rings (SSSR count). The molecule has 3 N–H and O–H groups in total. The number of nitrogens with one attached hydrogen (secondary N) is 2. The number of rotatable bonds is 8. The molecule has 1 saturated heterocycles. The Morgan fingerprint density at radius 3 is 2.70 bits per heavy atom. The van der Waals surface area contributed by atoms with Crippen molar-refractivity contribution in [3.8, 4) is 5.75 Å². The summed E-state index contributed by atoms with van der Waals surface area (Å²) in [6.07, 6.45) is 5.89. The first-order chi connectivity index (χ1) is 11.2. The highest BCUT2D eigenvalue weighted by atomic mass is 16.3. The second-order valence-corrected chi connectivity index (χ2v) is 6.17. The molecule has 0 aliphatic carbocycles. The van der Waals surface area contributed by atoms with Gasteiger partial charge in [0.05, 0.1) is 5.69 Å². The van der Waals surface area contributed by atoms with Gasteiger partial charge in [-0.3, -0.25) is 4.79 Å². The van der Waals surface area contributed by atoms with Crippen molar-refractivity contribution >= 4 is 11.6 Å². The van der Waals surface area contributed by atoms with Crippen molar-refractivity contribution in [2.45, 2.75) is 39.0 Å². The van der Waals surface area contributed by atoms with Gasteiger partial charge < -0.3 is 20.6 Å². The first-order valence-electron chi connectivity index (χ1n) is 8.78. The summed E-state index contributed by atoms with van der Waals surface area (Å²) in [5.74, 6) is 0.000373. The smallest absolute Gasteiger partial charge is 0.251 e. The van der Waals surface area contributed by atoms with E-state index in [2.05, 4.69) is 22.5 Å². The number of hydrogen-bond donors (Lipinski definition) is 3. The average Bonchev–Trinajstić information content (AvgIpc) is 2.58. The van der Waals surface area contributed by atoms with Crippen LogP contribution in [0.4, 0.5) is 5.69 Å². The minimum absolute atomic E-state index is 0.124. The summed E-state index contributed by atoms with van der Waals surface area (Å²) in [6, 6.07) is 5.03. The monoisotopic (exact) mass is 319 g/mol. The van der Waals surface area contributed by atoms with Crippen LogP contribution in [-0.4, -0.2) is 48.6 Å². The van der Waals surface area contributed by atoms with Gasteiger partial charge in [-0.2, -0.15) is 0 Å². The Morgan fingerprint density at radius 2 is 2.00 bits per heavy atom. The fraction of sp³-hybridized carbons (Fsp3) is 0.611. The zero-order chi connectivity index (χ0) is 16.5. The van der Waals surface area contributed by atoms with Crippen molar-refractivity contribution in [2.24, 2.45) is 0 Å². The number of nitrogens with zero attached hydrogens (tertiary/aromatic N) is 1. The number of carbonyl (C=O) groups is 1. The Balaban J connectivity index is 1.73. The molecule has 5 heteroatoms. The number of aromatic hydroxyl groups is 1. The minimum atomic E-state index is -0.124. The van der Waals surface area contributed by atoms with E-state index in [4.69, 9.17) is 0 Å². The molecule has 1 amide bonds. The van der Waals surface area contributed by atoms with E-state index in [0.717, 1.165) is 25.9 Å². The number of amides is 1. The van der Waals surface area contributed by atoms with E-state index in [-0.39, 0.29) is 11.7 Å². The van der Waals surface area contributed by atoms with E-state index in [1.807, 2.05) is 0 Å². The number of hydrogen-bond acceptors (Lipinski definition) is 4. The lowest BCUT2D eigenvalue weighted by molar-refractivity contribution is 0.0950. The van der Waals surface area contributed by atoms with E-state index in [1.165, 1.54) is 38.4 Å². The Morgan fingerprint density at radius 1 is 1.22 bits per heavy atom. The second kappa shape index (κ2) is 9.40. The van der Waals surface area contributed by atoms with Crippen LogP contribution in [0.25, 0.3) is 0 Å². The minimum Gasteiger partial charge on any atom is -0.506 e. The maximum Gasteiger partial charge on any atom is 0.251 e. The van der Waals surface area contributed by atoms with Gasteiger partial charge in [0.15, 0.2) is 0 Å².